The standard InChI is InChI=1S/C15H32N2O2/c1-5-7-8-12-17(4)13-9-10-15(3,14(18)19)16-11-6-2/h16H,5-13H2,1-4H3,(H,18,19). The smallest absolute Gasteiger partial charge is 0.323 e. The summed E-state index contributed by atoms with van der Waals surface area (Å²) >= 11 is 0. The molecule has 0 saturated carbocycles. The average Bonchev–Trinajstić information content (AvgIpc) is 2.36. The number of hydrogen-bond donors (Lipinski definition) is 2. The highest BCUT2D eigenvalue weighted by Gasteiger charge is 2.31. The van der Waals surface area contributed by atoms with Crippen molar-refractivity contribution in [2.24, 2.45) is 0 Å². The van der Waals surface area contributed by atoms with Crippen molar-refractivity contribution in [2.45, 2.75) is 64.8 Å². The number of hydrogen-bond acceptors (Lipinski definition) is 3. The average molecular weight is 272 g/mol. The van der Waals surface area contributed by atoms with Crippen LogP contribution in [0.1, 0.15) is 59.3 Å². The van der Waals surface area contributed by atoms with Crippen molar-refractivity contribution >= 4 is 5.97 Å². The SMILES string of the molecule is CCCCCN(C)CCCC(C)(NCCC)C(=O)O. The Morgan fingerprint density at radius 2 is 1.79 bits per heavy atom. The molecule has 4 heteroatoms. The number of carboxylic acid groups (broad SMARTS) is 1. The normalized spacial score (nSPS) is 14.6. The molecule has 4 nitrogen and oxygen atoms in total. The van der Waals surface area contributed by atoms with Crippen LogP contribution < -0.4 is 5.32 Å². The molecule has 0 aliphatic carbocycles. The van der Waals surface area contributed by atoms with Crippen LogP contribution in [-0.4, -0.2) is 48.2 Å². The fourth-order valence-corrected chi connectivity index (χ4v) is 2.12. The van der Waals surface area contributed by atoms with E-state index < -0.39 is 11.5 Å². The van der Waals surface area contributed by atoms with Gasteiger partial charge in [-0.05, 0) is 59.3 Å². The van der Waals surface area contributed by atoms with Gasteiger partial charge in [0.1, 0.15) is 5.54 Å². The molecule has 114 valence electrons. The molecule has 1 atom stereocenters. The number of aliphatic carboxylic acids is 1. The van der Waals surface area contributed by atoms with Gasteiger partial charge in [-0.3, -0.25) is 4.79 Å². The molecule has 0 amide bonds. The van der Waals surface area contributed by atoms with Gasteiger partial charge in [0.25, 0.3) is 0 Å². The number of nitrogens with one attached hydrogen (secondary N) is 1. The number of carboxylic acids is 1. The van der Waals surface area contributed by atoms with Crippen molar-refractivity contribution in [1.29, 1.82) is 0 Å². The molecule has 0 heterocycles. The Morgan fingerprint density at radius 1 is 1.16 bits per heavy atom. The second-order valence-corrected chi connectivity index (χ2v) is 5.68. The molecule has 2 N–H and O–H groups in total. The molecular weight excluding hydrogens is 240 g/mol. The third-order valence-corrected chi connectivity index (χ3v) is 3.60. The van der Waals surface area contributed by atoms with E-state index in [0.717, 1.165) is 32.5 Å². The number of rotatable bonds is 12. The lowest BCUT2D eigenvalue weighted by molar-refractivity contribution is -0.144. The molecule has 0 aliphatic rings. The molecule has 0 rings (SSSR count). The van der Waals surface area contributed by atoms with E-state index in [9.17, 15) is 9.90 Å². The van der Waals surface area contributed by atoms with E-state index in [0.29, 0.717) is 6.42 Å². The van der Waals surface area contributed by atoms with E-state index in [1.165, 1.54) is 19.3 Å². The van der Waals surface area contributed by atoms with Crippen molar-refractivity contribution in [3.8, 4) is 0 Å². The Bertz CT molecular complexity index is 246. The van der Waals surface area contributed by atoms with Gasteiger partial charge < -0.3 is 15.3 Å². The number of carbonyl (C=O) groups is 1. The maximum Gasteiger partial charge on any atom is 0.323 e. The molecule has 0 bridgehead atoms. The van der Waals surface area contributed by atoms with Crippen LogP contribution in [0, 0.1) is 0 Å². The molecule has 0 aromatic carbocycles. The zero-order valence-electron chi connectivity index (χ0n) is 13.2. The maximum absolute atomic E-state index is 11.3. The molecule has 0 spiro atoms. The molecule has 1 unspecified atom stereocenters. The van der Waals surface area contributed by atoms with E-state index >= 15 is 0 Å². The van der Waals surface area contributed by atoms with E-state index in [2.05, 4.69) is 31.1 Å². The summed E-state index contributed by atoms with van der Waals surface area (Å²) in [6.07, 6.45) is 6.31. The van der Waals surface area contributed by atoms with Crippen LogP contribution in [0.3, 0.4) is 0 Å². The van der Waals surface area contributed by atoms with Crippen LogP contribution in [0.25, 0.3) is 0 Å². The highest BCUT2D eigenvalue weighted by atomic mass is 16.4. The van der Waals surface area contributed by atoms with Crippen molar-refractivity contribution < 1.29 is 9.90 Å². The zero-order chi connectivity index (χ0) is 14.7. The molecule has 19 heavy (non-hydrogen) atoms. The monoisotopic (exact) mass is 272 g/mol. The molecule has 0 saturated heterocycles. The molecule has 0 aromatic rings. The minimum Gasteiger partial charge on any atom is -0.480 e. The van der Waals surface area contributed by atoms with Gasteiger partial charge in [0, 0.05) is 0 Å². The third kappa shape index (κ3) is 8.22. The maximum atomic E-state index is 11.3. The van der Waals surface area contributed by atoms with Crippen LogP contribution in [-0.2, 0) is 4.79 Å². The Morgan fingerprint density at radius 3 is 2.32 bits per heavy atom. The Kier molecular flexibility index (Phi) is 9.88. The highest BCUT2D eigenvalue weighted by Crippen LogP contribution is 2.13. The van der Waals surface area contributed by atoms with E-state index in [1.54, 1.807) is 6.92 Å². The first-order valence-electron chi connectivity index (χ1n) is 7.63. The quantitative estimate of drug-likeness (QED) is 0.536. The first kappa shape index (κ1) is 18.4. The summed E-state index contributed by atoms with van der Waals surface area (Å²) in [5, 5.41) is 12.5. The molecule has 0 aliphatic heterocycles. The summed E-state index contributed by atoms with van der Waals surface area (Å²) < 4.78 is 0. The van der Waals surface area contributed by atoms with Gasteiger partial charge in [0.15, 0.2) is 0 Å². The third-order valence-electron chi connectivity index (χ3n) is 3.60. The summed E-state index contributed by atoms with van der Waals surface area (Å²) in [4.78, 5) is 13.6. The summed E-state index contributed by atoms with van der Waals surface area (Å²) in [6.45, 7) is 8.89. The van der Waals surface area contributed by atoms with Crippen LogP contribution in [0.5, 0.6) is 0 Å². The van der Waals surface area contributed by atoms with E-state index in [4.69, 9.17) is 0 Å². The molecule has 0 fully saturated rings. The van der Waals surface area contributed by atoms with Crippen LogP contribution >= 0.6 is 0 Å². The van der Waals surface area contributed by atoms with Gasteiger partial charge in [-0.25, -0.2) is 0 Å². The predicted molar refractivity (Wildman–Crippen MR) is 80.6 cm³/mol. The number of unbranched alkanes of at least 4 members (excludes halogenated alkanes) is 2. The zero-order valence-corrected chi connectivity index (χ0v) is 13.2. The summed E-state index contributed by atoms with van der Waals surface area (Å²) in [7, 11) is 2.12. The van der Waals surface area contributed by atoms with Crippen molar-refractivity contribution in [3.05, 3.63) is 0 Å². The van der Waals surface area contributed by atoms with Crippen LogP contribution in [0.15, 0.2) is 0 Å². The summed E-state index contributed by atoms with van der Waals surface area (Å²) in [6, 6.07) is 0. The molecular formula is C15H32N2O2. The largest absolute Gasteiger partial charge is 0.480 e. The second kappa shape index (κ2) is 10.2. The topological polar surface area (TPSA) is 52.6 Å². The lowest BCUT2D eigenvalue weighted by Crippen LogP contribution is -2.50. The Hall–Kier alpha value is -0.610. The molecule has 0 radical (unpaired) electrons. The minimum absolute atomic E-state index is 0.681. The minimum atomic E-state index is -0.778. The van der Waals surface area contributed by atoms with Gasteiger partial charge in [-0.15, -0.1) is 0 Å². The Labute approximate surface area is 118 Å². The summed E-state index contributed by atoms with van der Waals surface area (Å²) in [5.41, 5.74) is -0.778. The van der Waals surface area contributed by atoms with Gasteiger partial charge >= 0.3 is 5.97 Å². The fraction of sp³-hybridized carbons (Fsp3) is 0.933. The first-order chi connectivity index (χ1) is 8.96. The van der Waals surface area contributed by atoms with Gasteiger partial charge in [0.2, 0.25) is 0 Å². The van der Waals surface area contributed by atoms with Crippen molar-refractivity contribution in [3.63, 3.8) is 0 Å². The Balaban J connectivity index is 3.95. The van der Waals surface area contributed by atoms with Gasteiger partial charge in [-0.2, -0.15) is 0 Å². The predicted octanol–water partition coefficient (Wildman–Crippen LogP) is 2.73. The lowest BCUT2D eigenvalue weighted by Gasteiger charge is -2.27. The van der Waals surface area contributed by atoms with E-state index in [1.807, 2.05) is 0 Å². The van der Waals surface area contributed by atoms with Crippen molar-refractivity contribution in [2.75, 3.05) is 26.7 Å². The van der Waals surface area contributed by atoms with Crippen LogP contribution in [0.2, 0.25) is 0 Å². The van der Waals surface area contributed by atoms with E-state index in [-0.39, 0.29) is 0 Å². The lowest BCUT2D eigenvalue weighted by atomic mass is 9.95. The first-order valence-corrected chi connectivity index (χ1v) is 7.63. The van der Waals surface area contributed by atoms with Gasteiger partial charge in [0.05, 0.1) is 0 Å². The van der Waals surface area contributed by atoms with Crippen LogP contribution in [0.4, 0.5) is 0 Å². The highest BCUT2D eigenvalue weighted by molar-refractivity contribution is 5.78. The summed E-state index contributed by atoms with van der Waals surface area (Å²) in [5.74, 6) is -0.741. The molecule has 0 aromatic heterocycles. The van der Waals surface area contributed by atoms with Crippen molar-refractivity contribution in [1.82, 2.24) is 10.2 Å². The second-order valence-electron chi connectivity index (χ2n) is 5.68. The number of nitrogens with zero attached hydrogens (tertiary/aromatic N) is 1. The fourth-order valence-electron chi connectivity index (χ4n) is 2.12. The van der Waals surface area contributed by atoms with Gasteiger partial charge in [-0.1, -0.05) is 26.7 Å².